The lowest BCUT2D eigenvalue weighted by Gasteiger charge is -2.10. The number of aromatic nitrogens is 1. The van der Waals surface area contributed by atoms with Gasteiger partial charge in [-0.1, -0.05) is 0 Å². The molecule has 1 aromatic carbocycles. The summed E-state index contributed by atoms with van der Waals surface area (Å²) in [6.45, 7) is 0.405. The van der Waals surface area contributed by atoms with Crippen molar-refractivity contribution in [2.24, 2.45) is 5.73 Å². The first kappa shape index (κ1) is 12.4. The number of halogens is 1. The number of fused-ring (bicyclic) bond motifs is 1. The third-order valence-electron chi connectivity index (χ3n) is 3.21. The summed E-state index contributed by atoms with van der Waals surface area (Å²) in [5, 5.41) is 0. The molecule has 0 unspecified atom stereocenters. The Kier molecular flexibility index (Phi) is 2.78. The van der Waals surface area contributed by atoms with E-state index >= 15 is 0 Å². The van der Waals surface area contributed by atoms with E-state index in [0.29, 0.717) is 18.7 Å². The van der Waals surface area contributed by atoms with Crippen molar-refractivity contribution in [3.63, 3.8) is 0 Å². The molecular weight excluding hydrogens is 263 g/mol. The molecule has 0 radical (unpaired) electrons. The second-order valence-electron chi connectivity index (χ2n) is 4.47. The molecular formula is C14H11FN2O3. The van der Waals surface area contributed by atoms with E-state index in [-0.39, 0.29) is 11.3 Å². The quantitative estimate of drug-likeness (QED) is 0.888. The highest BCUT2D eigenvalue weighted by Gasteiger charge is 2.25. The first-order chi connectivity index (χ1) is 9.58. The smallest absolute Gasteiger partial charge is 0.271 e. The topological polar surface area (TPSA) is 74.3 Å². The second kappa shape index (κ2) is 4.48. The summed E-state index contributed by atoms with van der Waals surface area (Å²) in [6.07, 6.45) is 2.20. The van der Waals surface area contributed by atoms with Gasteiger partial charge in [-0.15, -0.1) is 0 Å². The number of rotatable bonds is 2. The molecule has 2 aromatic rings. The molecule has 0 saturated carbocycles. The van der Waals surface area contributed by atoms with Gasteiger partial charge in [0.25, 0.3) is 11.5 Å². The van der Waals surface area contributed by atoms with Gasteiger partial charge in [-0.2, -0.15) is 0 Å². The van der Waals surface area contributed by atoms with E-state index in [0.717, 1.165) is 5.56 Å². The molecule has 1 amide bonds. The Morgan fingerprint density at radius 1 is 1.30 bits per heavy atom. The molecule has 2 heterocycles. The summed E-state index contributed by atoms with van der Waals surface area (Å²) in [6, 6.07) is 5.41. The largest absolute Gasteiger partial charge is 0.492 e. The van der Waals surface area contributed by atoms with Gasteiger partial charge in [0.05, 0.1) is 6.61 Å². The van der Waals surface area contributed by atoms with E-state index in [2.05, 4.69) is 0 Å². The zero-order valence-corrected chi connectivity index (χ0v) is 10.4. The predicted octanol–water partition coefficient (Wildman–Crippen LogP) is 1.01. The van der Waals surface area contributed by atoms with Crippen molar-refractivity contribution in [1.29, 1.82) is 0 Å². The molecule has 0 spiro atoms. The average molecular weight is 274 g/mol. The number of nitrogens with two attached hydrogens (primary N) is 1. The van der Waals surface area contributed by atoms with Gasteiger partial charge in [0.15, 0.2) is 0 Å². The van der Waals surface area contributed by atoms with Crippen molar-refractivity contribution in [1.82, 2.24) is 4.57 Å². The van der Waals surface area contributed by atoms with Crippen molar-refractivity contribution in [3.05, 3.63) is 57.8 Å². The number of carbonyl (C=O) groups excluding carboxylic acids is 1. The first-order valence-electron chi connectivity index (χ1n) is 6.05. The van der Waals surface area contributed by atoms with Crippen molar-refractivity contribution in [2.75, 3.05) is 6.61 Å². The van der Waals surface area contributed by atoms with Gasteiger partial charge >= 0.3 is 0 Å². The maximum absolute atomic E-state index is 12.9. The molecule has 0 saturated heterocycles. The first-order valence-corrected chi connectivity index (χ1v) is 6.05. The number of ether oxygens (including phenoxy) is 1. The molecule has 0 fully saturated rings. The van der Waals surface area contributed by atoms with E-state index in [1.807, 2.05) is 0 Å². The molecule has 0 aliphatic carbocycles. The summed E-state index contributed by atoms with van der Waals surface area (Å²) in [5.74, 6) is -0.966. The van der Waals surface area contributed by atoms with Crippen LogP contribution >= 0.6 is 0 Å². The summed E-state index contributed by atoms with van der Waals surface area (Å²) < 4.78 is 19.5. The minimum Gasteiger partial charge on any atom is -0.492 e. The molecule has 5 nitrogen and oxygen atoms in total. The number of primary amides is 1. The molecule has 20 heavy (non-hydrogen) atoms. The van der Waals surface area contributed by atoms with Gasteiger partial charge in [0.1, 0.15) is 17.1 Å². The molecule has 1 aliphatic heterocycles. The van der Waals surface area contributed by atoms with Gasteiger partial charge in [-0.3, -0.25) is 14.2 Å². The Labute approximate surface area is 113 Å². The maximum Gasteiger partial charge on any atom is 0.271 e. The lowest BCUT2D eigenvalue weighted by Crippen LogP contribution is -2.29. The minimum atomic E-state index is -0.829. The fourth-order valence-electron chi connectivity index (χ4n) is 2.27. The summed E-state index contributed by atoms with van der Waals surface area (Å²) in [5.41, 5.74) is 5.74. The van der Waals surface area contributed by atoms with Gasteiger partial charge < -0.3 is 10.5 Å². The summed E-state index contributed by atoms with van der Waals surface area (Å²) >= 11 is 0. The highest BCUT2D eigenvalue weighted by Crippen LogP contribution is 2.27. The molecule has 6 heteroatoms. The molecule has 0 bridgehead atoms. The monoisotopic (exact) mass is 274 g/mol. The van der Waals surface area contributed by atoms with Gasteiger partial charge in [-0.05, 0) is 24.3 Å². The van der Waals surface area contributed by atoms with E-state index in [1.54, 1.807) is 6.20 Å². The highest BCUT2D eigenvalue weighted by atomic mass is 19.1. The van der Waals surface area contributed by atoms with Crippen LogP contribution in [0.3, 0.4) is 0 Å². The van der Waals surface area contributed by atoms with Crippen LogP contribution in [-0.2, 0) is 6.42 Å². The molecule has 1 aromatic heterocycles. The van der Waals surface area contributed by atoms with Crippen molar-refractivity contribution in [2.45, 2.75) is 6.42 Å². The van der Waals surface area contributed by atoms with Crippen molar-refractivity contribution >= 4 is 5.91 Å². The standard InChI is InChI=1S/C14H11FN2O3/c15-9-1-3-10(4-2-9)17-7-8-5-6-20-12(8)11(13(16)18)14(17)19/h1-4,7H,5-6H2,(H2,16,18). The normalized spacial score (nSPS) is 12.8. The second-order valence-corrected chi connectivity index (χ2v) is 4.47. The molecule has 102 valence electrons. The number of nitrogens with zero attached hydrogens (tertiary/aromatic N) is 1. The lowest BCUT2D eigenvalue weighted by atomic mass is 10.1. The fourth-order valence-corrected chi connectivity index (χ4v) is 2.27. The number of benzene rings is 1. The lowest BCUT2D eigenvalue weighted by molar-refractivity contribution is 0.0995. The zero-order valence-electron chi connectivity index (χ0n) is 10.4. The Morgan fingerprint density at radius 2 is 2.00 bits per heavy atom. The molecule has 0 atom stereocenters. The summed E-state index contributed by atoms with van der Waals surface area (Å²) in [4.78, 5) is 23.8. The minimum absolute atomic E-state index is 0.163. The Morgan fingerprint density at radius 3 is 2.65 bits per heavy atom. The Hall–Kier alpha value is -2.63. The zero-order chi connectivity index (χ0) is 14.3. The Bertz CT molecular complexity index is 750. The number of amides is 1. The molecule has 2 N–H and O–H groups in total. The Balaban J connectivity index is 2.27. The SMILES string of the molecule is NC(=O)c1c2c(cn(-c3ccc(F)cc3)c1=O)CCO2. The van der Waals surface area contributed by atoms with Crippen LogP contribution in [0.2, 0.25) is 0 Å². The summed E-state index contributed by atoms with van der Waals surface area (Å²) in [7, 11) is 0. The van der Waals surface area contributed by atoms with Crippen LogP contribution < -0.4 is 16.0 Å². The number of pyridine rings is 1. The number of hydrogen-bond acceptors (Lipinski definition) is 3. The van der Waals surface area contributed by atoms with Crippen LogP contribution in [-0.4, -0.2) is 17.1 Å². The van der Waals surface area contributed by atoms with Gasteiger partial charge in [-0.25, -0.2) is 4.39 Å². The number of carbonyl (C=O) groups is 1. The fraction of sp³-hybridized carbons (Fsp3) is 0.143. The third-order valence-corrected chi connectivity index (χ3v) is 3.21. The third kappa shape index (κ3) is 1.85. The molecule has 1 aliphatic rings. The van der Waals surface area contributed by atoms with Crippen LogP contribution in [0.5, 0.6) is 5.75 Å². The van der Waals surface area contributed by atoms with E-state index in [4.69, 9.17) is 10.5 Å². The molecule has 3 rings (SSSR count). The maximum atomic E-state index is 12.9. The van der Waals surface area contributed by atoms with E-state index in [9.17, 15) is 14.0 Å². The van der Waals surface area contributed by atoms with Crippen LogP contribution in [0, 0.1) is 5.82 Å². The van der Waals surface area contributed by atoms with Crippen LogP contribution in [0.1, 0.15) is 15.9 Å². The predicted molar refractivity (Wildman–Crippen MR) is 69.7 cm³/mol. The van der Waals surface area contributed by atoms with Gasteiger partial charge in [0.2, 0.25) is 0 Å². The van der Waals surface area contributed by atoms with E-state index < -0.39 is 17.3 Å². The van der Waals surface area contributed by atoms with Gasteiger partial charge in [0, 0.05) is 23.9 Å². The number of hydrogen-bond donors (Lipinski definition) is 1. The van der Waals surface area contributed by atoms with E-state index in [1.165, 1.54) is 28.8 Å². The van der Waals surface area contributed by atoms with Crippen LogP contribution in [0.25, 0.3) is 5.69 Å². The average Bonchev–Trinajstić information content (AvgIpc) is 2.86. The van der Waals surface area contributed by atoms with Crippen molar-refractivity contribution < 1.29 is 13.9 Å². The van der Waals surface area contributed by atoms with Crippen LogP contribution in [0.4, 0.5) is 4.39 Å². The van der Waals surface area contributed by atoms with Crippen LogP contribution in [0.15, 0.2) is 35.3 Å². The van der Waals surface area contributed by atoms with Crippen molar-refractivity contribution in [3.8, 4) is 11.4 Å². The highest BCUT2D eigenvalue weighted by molar-refractivity contribution is 5.96.